The third kappa shape index (κ3) is 3.99. The Hall–Kier alpha value is -3.60. The largest absolute Gasteiger partial charge is 0.489 e. The Morgan fingerprint density at radius 2 is 1.79 bits per heavy atom. The summed E-state index contributed by atoms with van der Waals surface area (Å²) < 4.78 is 25.2. The highest BCUT2D eigenvalue weighted by Gasteiger charge is 2.27. The molecule has 3 aromatic rings. The maximum absolute atomic E-state index is 13.7. The van der Waals surface area contributed by atoms with Gasteiger partial charge in [-0.15, -0.1) is 0 Å². The Labute approximate surface area is 168 Å². The molecule has 0 atom stereocenters. The third-order valence-electron chi connectivity index (χ3n) is 4.70. The van der Waals surface area contributed by atoms with Gasteiger partial charge in [-0.2, -0.15) is 0 Å². The van der Waals surface area contributed by atoms with Crippen LogP contribution in [0.4, 0.5) is 10.1 Å². The number of allylic oxidation sites excluding steroid dienone is 1. The van der Waals surface area contributed by atoms with E-state index in [1.54, 1.807) is 42.5 Å². The van der Waals surface area contributed by atoms with E-state index in [4.69, 9.17) is 9.47 Å². The van der Waals surface area contributed by atoms with Crippen LogP contribution >= 0.6 is 0 Å². The van der Waals surface area contributed by atoms with Crippen molar-refractivity contribution in [1.82, 2.24) is 0 Å². The topological polar surface area (TPSA) is 38.8 Å². The van der Waals surface area contributed by atoms with Gasteiger partial charge in [0.05, 0.1) is 5.56 Å². The number of benzene rings is 3. The van der Waals surface area contributed by atoms with Gasteiger partial charge in [-0.1, -0.05) is 30.3 Å². The predicted octanol–water partition coefficient (Wildman–Crippen LogP) is 5.09. The summed E-state index contributed by atoms with van der Waals surface area (Å²) >= 11 is 0. The number of hydrogen-bond donors (Lipinski definition) is 0. The fourth-order valence-electron chi connectivity index (χ4n) is 3.05. The molecule has 0 fully saturated rings. The van der Waals surface area contributed by atoms with Gasteiger partial charge in [-0.3, -0.25) is 4.79 Å². The highest BCUT2D eigenvalue weighted by Crippen LogP contribution is 2.35. The normalized spacial score (nSPS) is 13.9. The van der Waals surface area contributed by atoms with Gasteiger partial charge in [0.2, 0.25) is 5.78 Å². The Bertz CT molecular complexity index is 1090. The molecule has 0 saturated carbocycles. The Kier molecular flexibility index (Phi) is 5.04. The quantitative estimate of drug-likeness (QED) is 0.570. The van der Waals surface area contributed by atoms with Crippen molar-refractivity contribution in [3.8, 4) is 11.5 Å². The van der Waals surface area contributed by atoms with Crippen molar-refractivity contribution in [2.24, 2.45) is 0 Å². The minimum Gasteiger partial charge on any atom is -0.489 e. The average Bonchev–Trinajstić information content (AvgIpc) is 3.02. The third-order valence-corrected chi connectivity index (χ3v) is 4.70. The summed E-state index contributed by atoms with van der Waals surface area (Å²) in [5.41, 5.74) is 2.90. The van der Waals surface area contributed by atoms with Crippen molar-refractivity contribution in [1.29, 1.82) is 0 Å². The zero-order valence-electron chi connectivity index (χ0n) is 16.2. The first-order chi connectivity index (χ1) is 14.0. The molecule has 146 valence electrons. The molecule has 0 radical (unpaired) electrons. The fraction of sp³-hybridized carbons (Fsp3) is 0.125. The number of rotatable bonds is 5. The molecule has 0 amide bonds. The number of carbonyl (C=O) groups is 1. The second-order valence-electron chi connectivity index (χ2n) is 6.96. The highest BCUT2D eigenvalue weighted by molar-refractivity contribution is 6.14. The SMILES string of the molecule is CN(C)c1ccc(/C=C2\Oc3cc(OCc4ccccc4F)ccc3C2=O)cc1. The van der Waals surface area contributed by atoms with Crippen molar-refractivity contribution < 1.29 is 18.7 Å². The molecule has 0 spiro atoms. The van der Waals surface area contributed by atoms with E-state index in [2.05, 4.69) is 0 Å². The first-order valence-electron chi connectivity index (χ1n) is 9.23. The van der Waals surface area contributed by atoms with E-state index in [0.29, 0.717) is 22.6 Å². The number of Topliss-reactive ketones (excluding diaryl/α,β-unsaturated/α-hetero) is 1. The van der Waals surface area contributed by atoms with E-state index in [1.807, 2.05) is 43.3 Å². The van der Waals surface area contributed by atoms with Crippen LogP contribution < -0.4 is 14.4 Å². The molecule has 0 N–H and O–H groups in total. The molecular formula is C24H20FNO3. The number of hydrogen-bond acceptors (Lipinski definition) is 4. The van der Waals surface area contributed by atoms with Gasteiger partial charge in [-0.25, -0.2) is 4.39 Å². The van der Waals surface area contributed by atoms with Crippen LogP contribution in [-0.4, -0.2) is 19.9 Å². The fourth-order valence-corrected chi connectivity index (χ4v) is 3.05. The molecule has 0 saturated heterocycles. The molecule has 0 aromatic heterocycles. The number of carbonyl (C=O) groups excluding carboxylic acids is 1. The summed E-state index contributed by atoms with van der Waals surface area (Å²) in [6.07, 6.45) is 1.72. The molecule has 29 heavy (non-hydrogen) atoms. The number of ether oxygens (including phenoxy) is 2. The number of fused-ring (bicyclic) bond motifs is 1. The van der Waals surface area contributed by atoms with Gasteiger partial charge in [0, 0.05) is 31.4 Å². The summed E-state index contributed by atoms with van der Waals surface area (Å²) in [6.45, 7) is 0.0975. The molecule has 5 heteroatoms. The van der Waals surface area contributed by atoms with Crippen LogP contribution in [0.5, 0.6) is 11.5 Å². The minimum atomic E-state index is -0.314. The lowest BCUT2D eigenvalue weighted by atomic mass is 10.1. The van der Waals surface area contributed by atoms with Crippen LogP contribution in [0.2, 0.25) is 0 Å². The molecule has 1 aliphatic heterocycles. The first kappa shape index (κ1) is 18.7. The monoisotopic (exact) mass is 389 g/mol. The van der Waals surface area contributed by atoms with Crippen molar-refractivity contribution in [2.75, 3.05) is 19.0 Å². The lowest BCUT2D eigenvalue weighted by Gasteiger charge is -2.11. The van der Waals surface area contributed by atoms with Gasteiger partial charge >= 0.3 is 0 Å². The zero-order chi connectivity index (χ0) is 20.4. The molecule has 1 aliphatic rings. The van der Waals surface area contributed by atoms with Crippen LogP contribution in [0, 0.1) is 5.82 Å². The van der Waals surface area contributed by atoms with E-state index >= 15 is 0 Å². The van der Waals surface area contributed by atoms with E-state index in [9.17, 15) is 9.18 Å². The molecule has 3 aromatic carbocycles. The van der Waals surface area contributed by atoms with Gasteiger partial charge in [0.1, 0.15) is 23.9 Å². The Balaban J connectivity index is 1.50. The van der Waals surface area contributed by atoms with Crippen LogP contribution in [0.25, 0.3) is 6.08 Å². The summed E-state index contributed by atoms with van der Waals surface area (Å²) in [4.78, 5) is 14.6. The van der Waals surface area contributed by atoms with E-state index in [1.165, 1.54) is 6.07 Å². The summed E-state index contributed by atoms with van der Waals surface area (Å²) in [5.74, 6) is 0.736. The lowest BCUT2D eigenvalue weighted by Crippen LogP contribution is -2.08. The standard InChI is InChI=1S/C24H20FNO3/c1-26(2)18-9-7-16(8-10-18)13-23-24(27)20-12-11-19(14-22(20)29-23)28-15-17-5-3-4-6-21(17)25/h3-14H,15H2,1-2H3/b23-13-. The zero-order valence-corrected chi connectivity index (χ0v) is 16.2. The van der Waals surface area contributed by atoms with E-state index in [-0.39, 0.29) is 24.0 Å². The van der Waals surface area contributed by atoms with Crippen molar-refractivity contribution in [2.45, 2.75) is 6.61 Å². The van der Waals surface area contributed by atoms with Gasteiger partial charge in [0.15, 0.2) is 5.76 Å². The highest BCUT2D eigenvalue weighted by atomic mass is 19.1. The smallest absolute Gasteiger partial charge is 0.231 e. The van der Waals surface area contributed by atoms with E-state index < -0.39 is 0 Å². The minimum absolute atomic E-state index is 0.0975. The molecule has 1 heterocycles. The molecule has 0 bridgehead atoms. The van der Waals surface area contributed by atoms with Crippen LogP contribution in [0.15, 0.2) is 72.5 Å². The maximum Gasteiger partial charge on any atom is 0.231 e. The van der Waals surface area contributed by atoms with Crippen LogP contribution in [0.3, 0.4) is 0 Å². The van der Waals surface area contributed by atoms with Crippen LogP contribution in [0.1, 0.15) is 21.5 Å². The van der Waals surface area contributed by atoms with Gasteiger partial charge in [-0.05, 0) is 42.0 Å². The second kappa shape index (κ2) is 7.80. The molecule has 4 rings (SSSR count). The summed E-state index contributed by atoms with van der Waals surface area (Å²) in [5, 5.41) is 0. The molecule has 0 aliphatic carbocycles. The molecule has 0 unspecified atom stereocenters. The van der Waals surface area contributed by atoms with Crippen LogP contribution in [-0.2, 0) is 6.61 Å². The van der Waals surface area contributed by atoms with Crippen molar-refractivity contribution >= 4 is 17.5 Å². The summed E-state index contributed by atoms with van der Waals surface area (Å²) in [7, 11) is 3.94. The number of halogens is 1. The predicted molar refractivity (Wildman–Crippen MR) is 111 cm³/mol. The average molecular weight is 389 g/mol. The molecule has 4 nitrogen and oxygen atoms in total. The molecular weight excluding hydrogens is 369 g/mol. The lowest BCUT2D eigenvalue weighted by molar-refractivity contribution is 0.101. The Morgan fingerprint density at radius 3 is 2.52 bits per heavy atom. The van der Waals surface area contributed by atoms with Crippen molar-refractivity contribution in [3.05, 3.63) is 95.0 Å². The van der Waals surface area contributed by atoms with Crippen molar-refractivity contribution in [3.63, 3.8) is 0 Å². The second-order valence-corrected chi connectivity index (χ2v) is 6.96. The van der Waals surface area contributed by atoms with Gasteiger partial charge < -0.3 is 14.4 Å². The maximum atomic E-state index is 13.7. The number of nitrogens with zero attached hydrogens (tertiary/aromatic N) is 1. The summed E-state index contributed by atoms with van der Waals surface area (Å²) in [6, 6.07) is 19.3. The van der Waals surface area contributed by atoms with Gasteiger partial charge in [0.25, 0.3) is 0 Å². The first-order valence-corrected chi connectivity index (χ1v) is 9.23. The van der Waals surface area contributed by atoms with E-state index in [0.717, 1.165) is 11.3 Å². The Morgan fingerprint density at radius 1 is 1.03 bits per heavy atom. The number of anilines is 1. The number of ketones is 1.